The first-order valence-corrected chi connectivity index (χ1v) is 5.04. The molecule has 0 radical (unpaired) electrons. The van der Waals surface area contributed by atoms with Crippen LogP contribution in [0.15, 0.2) is 18.2 Å². The maximum absolute atomic E-state index is 13.2. The summed E-state index contributed by atoms with van der Waals surface area (Å²) in [6.45, 7) is 0.452. The largest absolute Gasteiger partial charge is 0.370 e. The summed E-state index contributed by atoms with van der Waals surface area (Å²) in [5, 5.41) is 2.69. The van der Waals surface area contributed by atoms with E-state index in [1.54, 1.807) is 0 Å². The number of carbonyl (C=O) groups excluding carboxylic acids is 1. The second kappa shape index (κ2) is 6.42. The molecule has 0 aromatic heterocycles. The van der Waals surface area contributed by atoms with Gasteiger partial charge in [0.2, 0.25) is 5.91 Å². The van der Waals surface area contributed by atoms with Crippen LogP contribution in [0, 0.1) is 5.82 Å². The average Bonchev–Trinajstić information content (AvgIpc) is 2.24. The standard InChI is InChI=1S/C10H12ClFN2O2/c11-7-1-2-8(12)9(5-7)14-10(15)6-16-4-3-13/h1-2,5H,3-4,6,13H2,(H,14,15). The van der Waals surface area contributed by atoms with E-state index in [1.807, 2.05) is 0 Å². The molecule has 0 atom stereocenters. The summed E-state index contributed by atoms with van der Waals surface area (Å²) in [6.07, 6.45) is 0. The molecule has 0 bridgehead atoms. The Labute approximate surface area is 97.5 Å². The topological polar surface area (TPSA) is 64.3 Å². The monoisotopic (exact) mass is 246 g/mol. The first kappa shape index (κ1) is 12.9. The minimum Gasteiger partial charge on any atom is -0.370 e. The third-order valence-electron chi connectivity index (χ3n) is 1.70. The second-order valence-electron chi connectivity index (χ2n) is 3.01. The van der Waals surface area contributed by atoms with Crippen LogP contribution in [0.1, 0.15) is 0 Å². The van der Waals surface area contributed by atoms with Crippen LogP contribution in [0.5, 0.6) is 0 Å². The highest BCUT2D eigenvalue weighted by Crippen LogP contribution is 2.19. The first-order valence-electron chi connectivity index (χ1n) is 4.66. The molecule has 0 saturated heterocycles. The molecular formula is C10H12ClFN2O2. The van der Waals surface area contributed by atoms with Gasteiger partial charge in [-0.25, -0.2) is 4.39 Å². The van der Waals surface area contributed by atoms with E-state index in [9.17, 15) is 9.18 Å². The summed E-state index contributed by atoms with van der Waals surface area (Å²) < 4.78 is 18.1. The lowest BCUT2D eigenvalue weighted by atomic mass is 10.3. The molecule has 0 unspecified atom stereocenters. The van der Waals surface area contributed by atoms with Gasteiger partial charge in [0.05, 0.1) is 12.3 Å². The Morgan fingerprint density at radius 1 is 1.56 bits per heavy atom. The van der Waals surface area contributed by atoms with Crippen LogP contribution >= 0.6 is 11.6 Å². The van der Waals surface area contributed by atoms with E-state index in [-0.39, 0.29) is 18.9 Å². The molecule has 0 aliphatic rings. The van der Waals surface area contributed by atoms with Crippen LogP contribution in [0.3, 0.4) is 0 Å². The van der Waals surface area contributed by atoms with Crippen molar-refractivity contribution in [2.24, 2.45) is 5.73 Å². The summed E-state index contributed by atoms with van der Waals surface area (Å²) in [5.74, 6) is -0.994. The Bertz CT molecular complexity index is 374. The van der Waals surface area contributed by atoms with Crippen LogP contribution in [-0.2, 0) is 9.53 Å². The molecule has 16 heavy (non-hydrogen) atoms. The highest BCUT2D eigenvalue weighted by atomic mass is 35.5. The van der Waals surface area contributed by atoms with E-state index in [0.717, 1.165) is 0 Å². The number of carbonyl (C=O) groups is 1. The molecule has 1 amide bonds. The van der Waals surface area contributed by atoms with Crippen LogP contribution < -0.4 is 11.1 Å². The van der Waals surface area contributed by atoms with Crippen molar-refractivity contribution in [3.8, 4) is 0 Å². The number of anilines is 1. The van der Waals surface area contributed by atoms with Gasteiger partial charge in [-0.1, -0.05) is 11.6 Å². The molecule has 1 rings (SSSR count). The van der Waals surface area contributed by atoms with Crippen LogP contribution in [0.25, 0.3) is 0 Å². The number of halogens is 2. The molecule has 0 heterocycles. The lowest BCUT2D eigenvalue weighted by Gasteiger charge is -2.06. The Morgan fingerprint density at radius 3 is 3.00 bits per heavy atom. The lowest BCUT2D eigenvalue weighted by Crippen LogP contribution is -2.21. The van der Waals surface area contributed by atoms with Crippen molar-refractivity contribution in [3.63, 3.8) is 0 Å². The van der Waals surface area contributed by atoms with Crippen molar-refractivity contribution in [1.82, 2.24) is 0 Å². The number of benzene rings is 1. The average molecular weight is 247 g/mol. The van der Waals surface area contributed by atoms with Gasteiger partial charge in [-0.15, -0.1) is 0 Å². The number of nitrogens with two attached hydrogens (primary N) is 1. The predicted molar refractivity (Wildman–Crippen MR) is 59.9 cm³/mol. The normalized spacial score (nSPS) is 10.2. The Hall–Kier alpha value is -1.17. The van der Waals surface area contributed by atoms with Gasteiger partial charge in [-0.3, -0.25) is 4.79 Å². The van der Waals surface area contributed by atoms with E-state index in [2.05, 4.69) is 5.32 Å². The Balaban J connectivity index is 2.52. The number of amides is 1. The van der Waals surface area contributed by atoms with E-state index in [1.165, 1.54) is 18.2 Å². The molecule has 0 spiro atoms. The quantitative estimate of drug-likeness (QED) is 0.772. The zero-order valence-corrected chi connectivity index (χ0v) is 9.26. The fraction of sp³-hybridized carbons (Fsp3) is 0.300. The van der Waals surface area contributed by atoms with Gasteiger partial charge in [0.1, 0.15) is 12.4 Å². The van der Waals surface area contributed by atoms with Crippen LogP contribution in [0.2, 0.25) is 5.02 Å². The van der Waals surface area contributed by atoms with Gasteiger partial charge < -0.3 is 15.8 Å². The van der Waals surface area contributed by atoms with E-state index in [0.29, 0.717) is 11.6 Å². The first-order chi connectivity index (χ1) is 7.63. The van der Waals surface area contributed by atoms with Crippen LogP contribution in [-0.4, -0.2) is 25.7 Å². The Kier molecular flexibility index (Phi) is 5.18. The van der Waals surface area contributed by atoms with E-state index < -0.39 is 11.7 Å². The van der Waals surface area contributed by atoms with Gasteiger partial charge in [0.25, 0.3) is 0 Å². The van der Waals surface area contributed by atoms with Crippen molar-refractivity contribution in [1.29, 1.82) is 0 Å². The zero-order valence-electron chi connectivity index (χ0n) is 8.50. The predicted octanol–water partition coefficient (Wildman–Crippen LogP) is 1.39. The highest BCUT2D eigenvalue weighted by molar-refractivity contribution is 6.30. The van der Waals surface area contributed by atoms with Gasteiger partial charge in [0, 0.05) is 11.6 Å². The zero-order chi connectivity index (χ0) is 12.0. The summed E-state index contributed by atoms with van der Waals surface area (Å²) in [5.41, 5.74) is 5.21. The Morgan fingerprint density at radius 2 is 2.31 bits per heavy atom. The molecule has 0 saturated carbocycles. The van der Waals surface area contributed by atoms with Crippen molar-refractivity contribution >= 4 is 23.2 Å². The molecule has 0 fully saturated rings. The highest BCUT2D eigenvalue weighted by Gasteiger charge is 2.07. The van der Waals surface area contributed by atoms with Crippen molar-refractivity contribution in [2.45, 2.75) is 0 Å². The smallest absolute Gasteiger partial charge is 0.250 e. The maximum atomic E-state index is 13.2. The fourth-order valence-electron chi connectivity index (χ4n) is 1.03. The van der Waals surface area contributed by atoms with Gasteiger partial charge in [-0.2, -0.15) is 0 Å². The van der Waals surface area contributed by atoms with E-state index >= 15 is 0 Å². The summed E-state index contributed by atoms with van der Waals surface area (Å²) in [7, 11) is 0. The van der Waals surface area contributed by atoms with Crippen LogP contribution in [0.4, 0.5) is 10.1 Å². The fourth-order valence-corrected chi connectivity index (χ4v) is 1.20. The molecule has 6 heteroatoms. The number of nitrogens with one attached hydrogen (secondary N) is 1. The molecule has 88 valence electrons. The molecule has 3 N–H and O–H groups in total. The molecule has 4 nitrogen and oxygen atoms in total. The third kappa shape index (κ3) is 4.14. The molecule has 1 aromatic carbocycles. The van der Waals surface area contributed by atoms with Crippen molar-refractivity contribution < 1.29 is 13.9 Å². The molecule has 0 aliphatic heterocycles. The van der Waals surface area contributed by atoms with Crippen molar-refractivity contribution in [3.05, 3.63) is 29.0 Å². The van der Waals surface area contributed by atoms with Gasteiger partial charge in [-0.05, 0) is 18.2 Å². The maximum Gasteiger partial charge on any atom is 0.250 e. The summed E-state index contributed by atoms with van der Waals surface area (Å²) in [4.78, 5) is 11.3. The van der Waals surface area contributed by atoms with E-state index in [4.69, 9.17) is 22.1 Å². The number of ether oxygens (including phenoxy) is 1. The van der Waals surface area contributed by atoms with Gasteiger partial charge >= 0.3 is 0 Å². The summed E-state index contributed by atoms with van der Waals surface area (Å²) >= 11 is 5.66. The molecule has 1 aromatic rings. The second-order valence-corrected chi connectivity index (χ2v) is 3.45. The minimum absolute atomic E-state index is 0.0360. The SMILES string of the molecule is NCCOCC(=O)Nc1cc(Cl)ccc1F. The number of hydrogen-bond donors (Lipinski definition) is 2. The van der Waals surface area contributed by atoms with Crippen molar-refractivity contribution in [2.75, 3.05) is 25.1 Å². The number of hydrogen-bond acceptors (Lipinski definition) is 3. The third-order valence-corrected chi connectivity index (χ3v) is 1.93. The number of rotatable bonds is 5. The summed E-state index contributed by atoms with van der Waals surface area (Å²) in [6, 6.07) is 3.91. The lowest BCUT2D eigenvalue weighted by molar-refractivity contribution is -0.120. The van der Waals surface area contributed by atoms with Gasteiger partial charge in [0.15, 0.2) is 0 Å². The minimum atomic E-state index is -0.545. The molecular weight excluding hydrogens is 235 g/mol. The molecule has 0 aliphatic carbocycles.